The number of rotatable bonds is 9. The molecule has 0 saturated heterocycles. The quantitative estimate of drug-likeness (QED) is 0.344. The molecule has 0 saturated carbocycles. The van der Waals surface area contributed by atoms with Gasteiger partial charge < -0.3 is 9.26 Å². The number of Topliss-reactive ketones (excluding diaryl/α,β-unsaturated/α-hetero) is 1. The maximum absolute atomic E-state index is 12.5. The van der Waals surface area contributed by atoms with Gasteiger partial charge in [-0.05, 0) is 32.4 Å². The molecule has 0 aliphatic rings. The van der Waals surface area contributed by atoms with Crippen LogP contribution in [0.5, 0.6) is 0 Å². The van der Waals surface area contributed by atoms with Gasteiger partial charge in [0.2, 0.25) is 0 Å². The molecule has 0 aliphatic heterocycles. The number of anilines is 1. The second kappa shape index (κ2) is 11.2. The van der Waals surface area contributed by atoms with Crippen molar-refractivity contribution in [3.05, 3.63) is 70.4 Å². The number of thioether (sulfide) groups is 1. The van der Waals surface area contributed by atoms with Crippen LogP contribution in [0, 0.1) is 6.92 Å². The fraction of sp³-hybridized carbons (Fsp3) is 0.292. The lowest BCUT2D eigenvalue weighted by Gasteiger charge is -2.15. The molecule has 6 nitrogen and oxygen atoms in total. The first-order chi connectivity index (χ1) is 15.3. The van der Waals surface area contributed by atoms with Gasteiger partial charge in [-0.1, -0.05) is 59.2 Å². The lowest BCUT2D eigenvalue weighted by atomic mass is 10.1. The van der Waals surface area contributed by atoms with Gasteiger partial charge in [-0.3, -0.25) is 10.1 Å². The molecule has 0 aliphatic carbocycles. The van der Waals surface area contributed by atoms with Gasteiger partial charge in [0, 0.05) is 34.1 Å². The molecule has 32 heavy (non-hydrogen) atoms. The van der Waals surface area contributed by atoms with Crippen molar-refractivity contribution < 1.29 is 18.8 Å². The van der Waals surface area contributed by atoms with Crippen molar-refractivity contribution in [3.63, 3.8) is 0 Å². The summed E-state index contributed by atoms with van der Waals surface area (Å²) in [6.07, 6.45) is -0.559. The van der Waals surface area contributed by atoms with Gasteiger partial charge in [0.1, 0.15) is 23.3 Å². The van der Waals surface area contributed by atoms with Crippen LogP contribution in [0.25, 0.3) is 11.3 Å². The molecule has 1 unspecified atom stereocenters. The molecular formula is C24H25ClN2O4S. The van der Waals surface area contributed by atoms with Crippen LogP contribution < -0.4 is 5.32 Å². The van der Waals surface area contributed by atoms with Gasteiger partial charge in [-0.15, -0.1) is 0 Å². The van der Waals surface area contributed by atoms with E-state index >= 15 is 0 Å². The number of ketones is 1. The summed E-state index contributed by atoms with van der Waals surface area (Å²) in [6, 6.07) is 15.1. The normalized spacial score (nSPS) is 11.8. The number of benzene rings is 2. The molecular weight excluding hydrogens is 448 g/mol. The Morgan fingerprint density at radius 3 is 2.59 bits per heavy atom. The predicted octanol–water partition coefficient (Wildman–Crippen LogP) is 6.83. The third-order valence-corrected chi connectivity index (χ3v) is 6.17. The molecule has 1 amide bonds. The van der Waals surface area contributed by atoms with E-state index in [1.165, 1.54) is 0 Å². The fourth-order valence-corrected chi connectivity index (χ4v) is 4.33. The van der Waals surface area contributed by atoms with E-state index in [9.17, 15) is 9.59 Å². The van der Waals surface area contributed by atoms with Gasteiger partial charge >= 0.3 is 6.09 Å². The summed E-state index contributed by atoms with van der Waals surface area (Å²) >= 11 is 7.91. The average Bonchev–Trinajstić information content (AvgIpc) is 3.11. The molecule has 1 heterocycles. The molecule has 168 valence electrons. The molecule has 0 radical (unpaired) electrons. The Balaban J connectivity index is 1.65. The van der Waals surface area contributed by atoms with Crippen molar-refractivity contribution in [3.8, 4) is 11.3 Å². The second-order valence-corrected chi connectivity index (χ2v) is 8.88. The zero-order valence-corrected chi connectivity index (χ0v) is 19.8. The predicted molar refractivity (Wildman–Crippen MR) is 128 cm³/mol. The highest BCUT2D eigenvalue weighted by Gasteiger charge is 2.20. The zero-order chi connectivity index (χ0) is 23.1. The van der Waals surface area contributed by atoms with Crippen LogP contribution in [-0.4, -0.2) is 22.8 Å². The average molecular weight is 473 g/mol. The minimum atomic E-state index is -0.622. The Kier molecular flexibility index (Phi) is 8.36. The molecule has 3 aromatic rings. The van der Waals surface area contributed by atoms with E-state index in [0.717, 1.165) is 28.2 Å². The molecule has 2 aromatic carbocycles. The highest BCUT2D eigenvalue weighted by Crippen LogP contribution is 2.32. The third-order valence-electron chi connectivity index (χ3n) is 4.80. The highest BCUT2D eigenvalue weighted by atomic mass is 35.5. The van der Waals surface area contributed by atoms with Crippen LogP contribution in [0.15, 0.2) is 53.1 Å². The monoisotopic (exact) mass is 472 g/mol. The first-order valence-corrected chi connectivity index (χ1v) is 11.7. The summed E-state index contributed by atoms with van der Waals surface area (Å²) in [6.45, 7) is 5.11. The SMILES string of the molecule is CC(=O)CCSCc1ccc(-c2onc(C)c2NC(=O)OC(C)c2ccccc2Cl)cc1. The van der Waals surface area contributed by atoms with Gasteiger partial charge in [0.05, 0.1) is 0 Å². The smallest absolute Gasteiger partial charge is 0.412 e. The van der Waals surface area contributed by atoms with Crippen LogP contribution >= 0.6 is 23.4 Å². The Bertz CT molecular complexity index is 1080. The molecule has 8 heteroatoms. The molecule has 1 N–H and O–H groups in total. The standard InChI is InChI=1S/C24H25ClN2O4S/c1-15(28)12-13-32-14-18-8-10-19(11-9-18)23-22(16(2)27-31-23)26-24(29)30-17(3)20-6-4-5-7-21(20)25/h4-11,17H,12-14H2,1-3H3,(H,26,29). The van der Waals surface area contributed by atoms with Crippen LogP contribution in [0.1, 0.15) is 43.2 Å². The van der Waals surface area contributed by atoms with Crippen molar-refractivity contribution in [2.45, 2.75) is 39.0 Å². The fourth-order valence-electron chi connectivity index (χ4n) is 3.03. The highest BCUT2D eigenvalue weighted by molar-refractivity contribution is 7.98. The Morgan fingerprint density at radius 2 is 1.91 bits per heavy atom. The number of ether oxygens (including phenoxy) is 1. The van der Waals surface area contributed by atoms with Gasteiger partial charge in [0.25, 0.3) is 0 Å². The summed E-state index contributed by atoms with van der Waals surface area (Å²) in [4.78, 5) is 23.6. The van der Waals surface area contributed by atoms with Crippen molar-refractivity contribution in [1.29, 1.82) is 0 Å². The summed E-state index contributed by atoms with van der Waals surface area (Å²) in [5, 5.41) is 7.28. The largest absolute Gasteiger partial charge is 0.441 e. The van der Waals surface area contributed by atoms with Crippen LogP contribution in [-0.2, 0) is 15.3 Å². The number of halogens is 1. The summed E-state index contributed by atoms with van der Waals surface area (Å²) < 4.78 is 11.0. The van der Waals surface area contributed by atoms with Crippen LogP contribution in [0.3, 0.4) is 0 Å². The van der Waals surface area contributed by atoms with Crippen molar-refractivity contribution in [2.75, 3.05) is 11.1 Å². The Hall–Kier alpha value is -2.77. The zero-order valence-electron chi connectivity index (χ0n) is 18.2. The number of nitrogens with one attached hydrogen (secondary N) is 1. The van der Waals surface area contributed by atoms with E-state index in [2.05, 4.69) is 10.5 Å². The van der Waals surface area contributed by atoms with Crippen molar-refractivity contribution in [1.82, 2.24) is 5.16 Å². The number of nitrogens with zero attached hydrogens (tertiary/aromatic N) is 1. The minimum Gasteiger partial charge on any atom is -0.441 e. The number of carbonyl (C=O) groups is 2. The molecule has 3 rings (SSSR count). The molecule has 0 fully saturated rings. The number of aryl methyl sites for hydroxylation is 1. The number of amides is 1. The second-order valence-electron chi connectivity index (χ2n) is 7.37. The summed E-state index contributed by atoms with van der Waals surface area (Å²) in [7, 11) is 0. The maximum Gasteiger partial charge on any atom is 0.412 e. The minimum absolute atomic E-state index is 0.202. The first-order valence-electron chi connectivity index (χ1n) is 10.2. The Labute approximate surface area is 196 Å². The van der Waals surface area contributed by atoms with Crippen molar-refractivity contribution >= 4 is 40.9 Å². The number of hydrogen-bond acceptors (Lipinski definition) is 6. The van der Waals surface area contributed by atoms with E-state index < -0.39 is 12.2 Å². The summed E-state index contributed by atoms with van der Waals surface area (Å²) in [5.41, 5.74) is 3.66. The van der Waals surface area contributed by atoms with Gasteiger partial charge in [-0.2, -0.15) is 11.8 Å². The molecule has 0 spiro atoms. The van der Waals surface area contributed by atoms with E-state index in [1.807, 2.05) is 42.5 Å². The van der Waals surface area contributed by atoms with E-state index in [0.29, 0.717) is 28.6 Å². The first kappa shape index (κ1) is 23.9. The van der Waals surface area contributed by atoms with Crippen LogP contribution in [0.4, 0.5) is 10.5 Å². The van der Waals surface area contributed by atoms with Gasteiger partial charge in [0.15, 0.2) is 5.76 Å². The van der Waals surface area contributed by atoms with Crippen molar-refractivity contribution in [2.24, 2.45) is 0 Å². The van der Waals surface area contributed by atoms with E-state index in [4.69, 9.17) is 20.9 Å². The van der Waals surface area contributed by atoms with E-state index in [-0.39, 0.29) is 5.78 Å². The third kappa shape index (κ3) is 6.37. The maximum atomic E-state index is 12.5. The number of aromatic nitrogens is 1. The number of carbonyl (C=O) groups excluding carboxylic acids is 2. The van der Waals surface area contributed by atoms with Crippen LogP contribution in [0.2, 0.25) is 5.02 Å². The molecule has 0 bridgehead atoms. The van der Waals surface area contributed by atoms with Gasteiger partial charge in [-0.25, -0.2) is 4.79 Å². The lowest BCUT2D eigenvalue weighted by Crippen LogP contribution is -2.17. The van der Waals surface area contributed by atoms with E-state index in [1.54, 1.807) is 38.6 Å². The Morgan fingerprint density at radius 1 is 1.19 bits per heavy atom. The lowest BCUT2D eigenvalue weighted by molar-refractivity contribution is -0.116. The molecule has 1 atom stereocenters. The molecule has 1 aromatic heterocycles. The number of hydrogen-bond donors (Lipinski definition) is 1. The topological polar surface area (TPSA) is 81.4 Å². The summed E-state index contributed by atoms with van der Waals surface area (Å²) in [5.74, 6) is 2.29.